The van der Waals surface area contributed by atoms with Gasteiger partial charge in [0.1, 0.15) is 16.5 Å². The molecule has 0 saturated heterocycles. The van der Waals surface area contributed by atoms with Crippen molar-refractivity contribution in [1.82, 2.24) is 9.97 Å². The lowest BCUT2D eigenvalue weighted by Crippen LogP contribution is -1.88. The SMILES string of the molecule is CS/C(=N\N=C/c1cccs1)Sc1cc(Cl)ncn1. The molecule has 19 heavy (non-hydrogen) atoms. The standard InChI is InChI=1S/C11H9ClN4S3/c1-17-11(16-15-6-8-3-2-4-18-8)19-10-5-9(12)13-7-14-10/h2-7H,1H3/b15-6-,16-11+. The molecule has 2 rings (SSSR count). The molecule has 0 N–H and O–H groups in total. The minimum Gasteiger partial charge on any atom is -0.229 e. The van der Waals surface area contributed by atoms with Gasteiger partial charge in [-0.05, 0) is 29.5 Å². The molecule has 0 fully saturated rings. The summed E-state index contributed by atoms with van der Waals surface area (Å²) < 4.78 is 0.794. The first kappa shape index (κ1) is 14.5. The summed E-state index contributed by atoms with van der Waals surface area (Å²) in [5.74, 6) is 0. The Hall–Kier alpha value is -0.890. The second-order valence-electron chi connectivity index (χ2n) is 3.11. The van der Waals surface area contributed by atoms with E-state index >= 15 is 0 Å². The maximum atomic E-state index is 5.80. The molecule has 0 bridgehead atoms. The molecule has 2 heterocycles. The Labute approximate surface area is 128 Å². The van der Waals surface area contributed by atoms with Crippen LogP contribution in [0.4, 0.5) is 0 Å². The van der Waals surface area contributed by atoms with Crippen molar-refractivity contribution in [1.29, 1.82) is 0 Å². The third kappa shape index (κ3) is 4.94. The third-order valence-electron chi connectivity index (χ3n) is 1.84. The lowest BCUT2D eigenvalue weighted by molar-refractivity contribution is 1.05. The molecular formula is C11H9ClN4S3. The van der Waals surface area contributed by atoms with Crippen LogP contribution in [0.5, 0.6) is 0 Å². The van der Waals surface area contributed by atoms with Crippen LogP contribution in [0, 0.1) is 0 Å². The highest BCUT2D eigenvalue weighted by Crippen LogP contribution is 2.24. The number of hydrogen-bond acceptors (Lipinski definition) is 7. The number of thiophene rings is 1. The molecule has 0 amide bonds. The highest BCUT2D eigenvalue weighted by molar-refractivity contribution is 8.38. The highest BCUT2D eigenvalue weighted by Gasteiger charge is 2.03. The predicted octanol–water partition coefficient (Wildman–Crippen LogP) is 4.04. The van der Waals surface area contributed by atoms with Crippen molar-refractivity contribution in [3.05, 3.63) is 39.9 Å². The minimum absolute atomic E-state index is 0.417. The largest absolute Gasteiger partial charge is 0.229 e. The molecule has 8 heteroatoms. The van der Waals surface area contributed by atoms with Gasteiger partial charge < -0.3 is 0 Å². The van der Waals surface area contributed by atoms with E-state index in [1.165, 1.54) is 29.9 Å². The second-order valence-corrected chi connectivity index (χ2v) is 6.54. The zero-order chi connectivity index (χ0) is 13.5. The summed E-state index contributed by atoms with van der Waals surface area (Å²) in [6.45, 7) is 0. The van der Waals surface area contributed by atoms with E-state index in [0.29, 0.717) is 5.15 Å². The Balaban J connectivity index is 2.03. The zero-order valence-corrected chi connectivity index (χ0v) is 13.1. The summed E-state index contributed by atoms with van der Waals surface area (Å²) in [6, 6.07) is 5.66. The van der Waals surface area contributed by atoms with Crippen molar-refractivity contribution >= 4 is 57.1 Å². The van der Waals surface area contributed by atoms with Gasteiger partial charge in [0.25, 0.3) is 0 Å². The van der Waals surface area contributed by atoms with Crippen molar-refractivity contribution < 1.29 is 0 Å². The van der Waals surface area contributed by atoms with E-state index < -0.39 is 0 Å². The van der Waals surface area contributed by atoms with Crippen molar-refractivity contribution in [2.45, 2.75) is 5.03 Å². The number of aromatic nitrogens is 2. The normalized spacial score (nSPS) is 12.2. The Morgan fingerprint density at radius 1 is 1.47 bits per heavy atom. The van der Waals surface area contributed by atoms with E-state index in [1.54, 1.807) is 23.6 Å². The average molecular weight is 329 g/mol. The van der Waals surface area contributed by atoms with Crippen LogP contribution < -0.4 is 0 Å². The van der Waals surface area contributed by atoms with Gasteiger partial charge in [-0.1, -0.05) is 17.7 Å². The topological polar surface area (TPSA) is 50.5 Å². The van der Waals surface area contributed by atoms with Crippen molar-refractivity contribution in [3.63, 3.8) is 0 Å². The lowest BCUT2D eigenvalue weighted by atomic mass is 10.5. The molecule has 2 aromatic rings. The molecule has 2 aromatic heterocycles. The van der Waals surface area contributed by atoms with Gasteiger partial charge in [-0.3, -0.25) is 0 Å². The van der Waals surface area contributed by atoms with E-state index in [4.69, 9.17) is 11.6 Å². The summed E-state index contributed by atoms with van der Waals surface area (Å²) in [5.41, 5.74) is 0. The average Bonchev–Trinajstić information content (AvgIpc) is 2.91. The number of thioether (sulfide) groups is 2. The quantitative estimate of drug-likeness (QED) is 0.280. The van der Waals surface area contributed by atoms with Crippen LogP contribution in [0.25, 0.3) is 0 Å². The van der Waals surface area contributed by atoms with Gasteiger partial charge >= 0.3 is 0 Å². The Morgan fingerprint density at radius 3 is 3.05 bits per heavy atom. The van der Waals surface area contributed by atoms with Crippen molar-refractivity contribution in [2.75, 3.05) is 6.26 Å². The minimum atomic E-state index is 0.417. The third-order valence-corrected chi connectivity index (χ3v) is 4.73. The first-order valence-corrected chi connectivity index (χ1v) is 8.42. The van der Waals surface area contributed by atoms with Gasteiger partial charge in [-0.2, -0.15) is 5.10 Å². The van der Waals surface area contributed by atoms with E-state index in [-0.39, 0.29) is 0 Å². The van der Waals surface area contributed by atoms with Gasteiger partial charge in [0.2, 0.25) is 0 Å². The number of hydrogen-bond donors (Lipinski definition) is 0. The van der Waals surface area contributed by atoms with Crippen molar-refractivity contribution in [2.24, 2.45) is 10.2 Å². The van der Waals surface area contributed by atoms with E-state index in [2.05, 4.69) is 20.2 Å². The van der Waals surface area contributed by atoms with Crippen LogP contribution in [-0.4, -0.2) is 26.8 Å². The molecule has 0 aromatic carbocycles. The number of rotatable bonds is 3. The molecule has 0 unspecified atom stereocenters. The van der Waals surface area contributed by atoms with Crippen LogP contribution in [0.2, 0.25) is 5.15 Å². The van der Waals surface area contributed by atoms with E-state index in [1.807, 2.05) is 23.8 Å². The van der Waals surface area contributed by atoms with Crippen LogP contribution in [-0.2, 0) is 0 Å². The van der Waals surface area contributed by atoms with Crippen molar-refractivity contribution in [3.8, 4) is 0 Å². The summed E-state index contributed by atoms with van der Waals surface area (Å²) in [5, 5.41) is 11.4. The van der Waals surface area contributed by atoms with Gasteiger partial charge in [-0.25, -0.2) is 9.97 Å². The Morgan fingerprint density at radius 2 is 2.37 bits per heavy atom. The first-order chi connectivity index (χ1) is 9.28. The monoisotopic (exact) mass is 328 g/mol. The molecule has 0 saturated carbocycles. The molecule has 0 atom stereocenters. The summed E-state index contributed by atoms with van der Waals surface area (Å²) in [4.78, 5) is 9.01. The predicted molar refractivity (Wildman–Crippen MR) is 85.8 cm³/mol. The molecule has 4 nitrogen and oxygen atoms in total. The molecule has 0 aliphatic rings. The fourth-order valence-corrected chi connectivity index (χ4v) is 3.11. The van der Waals surface area contributed by atoms with Crippen LogP contribution >= 0.6 is 46.5 Å². The molecule has 0 aliphatic heterocycles. The molecule has 0 radical (unpaired) electrons. The number of halogens is 1. The van der Waals surface area contributed by atoms with Crippen LogP contribution in [0.15, 0.2) is 45.1 Å². The van der Waals surface area contributed by atoms with Crippen LogP contribution in [0.1, 0.15) is 4.88 Å². The van der Waals surface area contributed by atoms with Gasteiger partial charge in [0.15, 0.2) is 4.38 Å². The zero-order valence-electron chi connectivity index (χ0n) is 9.86. The summed E-state index contributed by atoms with van der Waals surface area (Å²) in [6.07, 6.45) is 5.10. The van der Waals surface area contributed by atoms with E-state index in [0.717, 1.165) is 14.3 Å². The Kier molecular flexibility index (Phi) is 5.84. The Bertz CT molecular complexity index is 583. The van der Waals surface area contributed by atoms with E-state index in [9.17, 15) is 0 Å². The van der Waals surface area contributed by atoms with Gasteiger partial charge in [0, 0.05) is 10.9 Å². The summed E-state index contributed by atoms with van der Waals surface area (Å²) in [7, 11) is 0. The molecule has 0 aliphatic carbocycles. The molecule has 0 spiro atoms. The second kappa shape index (κ2) is 7.64. The highest BCUT2D eigenvalue weighted by atomic mass is 35.5. The molecular weight excluding hydrogens is 320 g/mol. The van der Waals surface area contributed by atoms with Gasteiger partial charge in [-0.15, -0.1) is 28.2 Å². The molecule has 98 valence electrons. The maximum Gasteiger partial charge on any atom is 0.158 e. The fraction of sp³-hybridized carbons (Fsp3) is 0.0909. The van der Waals surface area contributed by atoms with Crippen LogP contribution in [0.3, 0.4) is 0 Å². The lowest BCUT2D eigenvalue weighted by Gasteiger charge is -1.99. The smallest absolute Gasteiger partial charge is 0.158 e. The number of nitrogens with zero attached hydrogens (tertiary/aromatic N) is 4. The first-order valence-electron chi connectivity index (χ1n) is 5.12. The van der Waals surface area contributed by atoms with Gasteiger partial charge in [0.05, 0.1) is 6.21 Å². The summed E-state index contributed by atoms with van der Waals surface area (Å²) >= 11 is 10.3. The fourth-order valence-electron chi connectivity index (χ4n) is 1.06. The maximum absolute atomic E-state index is 5.80.